The minimum atomic E-state index is -0.167. The molecule has 4 heterocycles. The molecule has 0 aliphatic rings. The zero-order valence-corrected chi connectivity index (χ0v) is 33.9. The number of hydrogen-bond donors (Lipinski definition) is 0. The van der Waals surface area contributed by atoms with Crippen LogP contribution in [0.15, 0.2) is 217 Å². The molecule has 0 bridgehead atoms. The summed E-state index contributed by atoms with van der Waals surface area (Å²) < 4.78 is 6.33. The van der Waals surface area contributed by atoms with Crippen molar-refractivity contribution in [3.63, 3.8) is 0 Å². The summed E-state index contributed by atoms with van der Waals surface area (Å²) in [6.45, 7) is 0. The molecule has 0 spiro atoms. The average Bonchev–Trinajstić information content (AvgIpc) is 3.86. The number of rotatable bonds is 5. The van der Waals surface area contributed by atoms with E-state index in [1.54, 1.807) is 0 Å². The van der Waals surface area contributed by atoms with Gasteiger partial charge in [0.2, 0.25) is 5.95 Å². The van der Waals surface area contributed by atoms with E-state index in [4.69, 9.17) is 9.97 Å². The summed E-state index contributed by atoms with van der Waals surface area (Å²) in [5, 5.41) is 8.08. The van der Waals surface area contributed by atoms with Gasteiger partial charge in [-0.05, 0) is 94.7 Å². The standard InChI is InChI=1S/C57H35N5O/c63-56-53-54(36-16-4-1-5-17-36)58-57(59-55(53)47-34-37-18-10-11-19-38(37)35-52(47)61(56)42-22-8-3-9-23-42)62-49-27-15-13-25-44(49)46-33-40(29-31-51(46)62)39-28-30-50-45(32-39)43-24-12-14-26-48(43)60(50)41-20-6-2-7-21-41/h1-35H. The number of hydrogen-bond acceptors (Lipinski definition) is 3. The first-order valence-electron chi connectivity index (χ1n) is 21.2. The van der Waals surface area contributed by atoms with Gasteiger partial charge in [0, 0.05) is 43.9 Å². The van der Waals surface area contributed by atoms with Crippen molar-refractivity contribution in [1.29, 1.82) is 0 Å². The Kier molecular flexibility index (Phi) is 7.65. The fourth-order valence-corrected chi connectivity index (χ4v) is 9.78. The van der Waals surface area contributed by atoms with Crippen LogP contribution >= 0.6 is 0 Å². The molecule has 0 atom stereocenters. The van der Waals surface area contributed by atoms with Gasteiger partial charge in [0.25, 0.3) is 5.56 Å². The summed E-state index contributed by atoms with van der Waals surface area (Å²) in [7, 11) is 0. The molecular weight excluding hydrogens is 771 g/mol. The van der Waals surface area contributed by atoms with Gasteiger partial charge in [0.1, 0.15) is 0 Å². The van der Waals surface area contributed by atoms with Crippen molar-refractivity contribution in [3.8, 4) is 39.7 Å². The average molecular weight is 806 g/mol. The molecule has 13 rings (SSSR count). The van der Waals surface area contributed by atoms with E-state index in [9.17, 15) is 0 Å². The first-order valence-corrected chi connectivity index (χ1v) is 21.2. The van der Waals surface area contributed by atoms with Gasteiger partial charge in [-0.25, -0.2) is 9.97 Å². The molecule has 0 unspecified atom stereocenters. The van der Waals surface area contributed by atoms with Crippen molar-refractivity contribution >= 4 is 76.2 Å². The maximum atomic E-state index is 15.2. The molecule has 9 aromatic carbocycles. The van der Waals surface area contributed by atoms with E-state index in [0.717, 1.165) is 71.5 Å². The molecule has 0 saturated heterocycles. The second kappa shape index (κ2) is 13.7. The molecule has 0 aliphatic heterocycles. The molecule has 294 valence electrons. The summed E-state index contributed by atoms with van der Waals surface area (Å²) in [6, 6.07) is 73.6. The number of aromatic nitrogens is 5. The number of nitrogens with zero attached hydrogens (tertiary/aromatic N) is 5. The Morgan fingerprint density at radius 2 is 0.825 bits per heavy atom. The third-order valence-electron chi connectivity index (χ3n) is 12.6. The van der Waals surface area contributed by atoms with Crippen LogP contribution in [0.25, 0.3) is 116 Å². The van der Waals surface area contributed by atoms with Crippen molar-refractivity contribution in [2.24, 2.45) is 0 Å². The minimum absolute atomic E-state index is 0.167. The van der Waals surface area contributed by atoms with E-state index in [1.807, 2.05) is 77.4 Å². The van der Waals surface area contributed by atoms with Crippen LogP contribution < -0.4 is 5.56 Å². The zero-order valence-electron chi connectivity index (χ0n) is 33.9. The first kappa shape index (κ1) is 35.2. The SMILES string of the molecule is O=c1c2c(-c3ccccc3)nc(-n3c4ccccc4c4cc(-c5ccc6c(c5)c5ccccc5n6-c5ccccc5)ccc43)nc2c2cc3ccccc3cc2n1-c1ccccc1. The fourth-order valence-electron chi connectivity index (χ4n) is 9.78. The predicted molar refractivity (Wildman–Crippen MR) is 260 cm³/mol. The summed E-state index contributed by atoms with van der Waals surface area (Å²) in [4.78, 5) is 26.0. The van der Waals surface area contributed by atoms with Crippen molar-refractivity contribution < 1.29 is 0 Å². The van der Waals surface area contributed by atoms with Crippen molar-refractivity contribution in [3.05, 3.63) is 223 Å². The molecular formula is C57H35N5O. The van der Waals surface area contributed by atoms with Crippen molar-refractivity contribution in [2.75, 3.05) is 0 Å². The number of fused-ring (bicyclic) bond motifs is 10. The van der Waals surface area contributed by atoms with E-state index in [2.05, 4.69) is 149 Å². The Morgan fingerprint density at radius 3 is 1.46 bits per heavy atom. The Labute approximate surface area is 360 Å². The zero-order chi connectivity index (χ0) is 41.6. The van der Waals surface area contributed by atoms with Crippen LogP contribution in [0.2, 0.25) is 0 Å². The van der Waals surface area contributed by atoms with E-state index >= 15 is 4.79 Å². The number of benzene rings is 9. The quantitative estimate of drug-likeness (QED) is 0.129. The number of para-hydroxylation sites is 4. The smallest absolute Gasteiger partial charge is 0.267 e. The van der Waals surface area contributed by atoms with Crippen LogP contribution in [0.3, 0.4) is 0 Å². The number of pyridine rings is 1. The highest BCUT2D eigenvalue weighted by Crippen LogP contribution is 2.39. The Hall–Kier alpha value is -8.61. The molecule has 0 saturated carbocycles. The van der Waals surface area contributed by atoms with Gasteiger partial charge in [-0.3, -0.25) is 13.9 Å². The van der Waals surface area contributed by atoms with Gasteiger partial charge in [0.05, 0.1) is 44.2 Å². The fraction of sp³-hybridized carbons (Fsp3) is 0. The third kappa shape index (κ3) is 5.35. The van der Waals surface area contributed by atoms with Crippen LogP contribution in [0, 0.1) is 0 Å². The van der Waals surface area contributed by atoms with Crippen LogP contribution in [-0.2, 0) is 0 Å². The molecule has 0 N–H and O–H groups in total. The lowest BCUT2D eigenvalue weighted by Gasteiger charge is -2.17. The van der Waals surface area contributed by atoms with Crippen LogP contribution in [0.4, 0.5) is 0 Å². The molecule has 63 heavy (non-hydrogen) atoms. The van der Waals surface area contributed by atoms with E-state index in [1.165, 1.54) is 21.8 Å². The lowest BCUT2D eigenvalue weighted by Crippen LogP contribution is -2.21. The molecule has 0 fully saturated rings. The van der Waals surface area contributed by atoms with E-state index < -0.39 is 0 Å². The van der Waals surface area contributed by atoms with Crippen molar-refractivity contribution in [1.82, 2.24) is 23.7 Å². The highest BCUT2D eigenvalue weighted by molar-refractivity contribution is 6.14. The monoisotopic (exact) mass is 805 g/mol. The topological polar surface area (TPSA) is 57.6 Å². The predicted octanol–water partition coefficient (Wildman–Crippen LogP) is 13.6. The highest BCUT2D eigenvalue weighted by atomic mass is 16.1. The van der Waals surface area contributed by atoms with E-state index in [0.29, 0.717) is 22.5 Å². The van der Waals surface area contributed by atoms with Gasteiger partial charge >= 0.3 is 0 Å². The summed E-state index contributed by atoms with van der Waals surface area (Å²) in [6.07, 6.45) is 0. The molecule has 0 radical (unpaired) electrons. The summed E-state index contributed by atoms with van der Waals surface area (Å²) in [5.41, 5.74) is 11.2. The lowest BCUT2D eigenvalue weighted by atomic mass is 10.0. The Balaban J connectivity index is 1.07. The summed E-state index contributed by atoms with van der Waals surface area (Å²) in [5.74, 6) is 0.502. The molecule has 6 heteroatoms. The normalized spacial score (nSPS) is 11.9. The molecule has 0 amide bonds. The molecule has 13 aromatic rings. The van der Waals surface area contributed by atoms with Crippen LogP contribution in [0.5, 0.6) is 0 Å². The third-order valence-corrected chi connectivity index (χ3v) is 12.6. The van der Waals surface area contributed by atoms with Crippen LogP contribution in [-0.4, -0.2) is 23.7 Å². The minimum Gasteiger partial charge on any atom is -0.309 e. The second-order valence-electron chi connectivity index (χ2n) is 16.2. The molecule has 4 aromatic heterocycles. The molecule has 0 aliphatic carbocycles. The van der Waals surface area contributed by atoms with Crippen molar-refractivity contribution in [2.45, 2.75) is 0 Å². The Morgan fingerprint density at radius 1 is 0.333 bits per heavy atom. The first-order chi connectivity index (χ1) is 31.2. The largest absolute Gasteiger partial charge is 0.309 e. The van der Waals surface area contributed by atoms with Gasteiger partial charge in [-0.2, -0.15) is 0 Å². The summed E-state index contributed by atoms with van der Waals surface area (Å²) >= 11 is 0. The van der Waals surface area contributed by atoms with Gasteiger partial charge in [-0.15, -0.1) is 0 Å². The second-order valence-corrected chi connectivity index (χ2v) is 16.2. The Bertz CT molecular complexity index is 4040. The van der Waals surface area contributed by atoms with Gasteiger partial charge < -0.3 is 4.57 Å². The van der Waals surface area contributed by atoms with Gasteiger partial charge in [0.15, 0.2) is 0 Å². The van der Waals surface area contributed by atoms with Crippen LogP contribution in [0.1, 0.15) is 0 Å². The lowest BCUT2D eigenvalue weighted by molar-refractivity contribution is 1.00. The van der Waals surface area contributed by atoms with E-state index in [-0.39, 0.29) is 5.56 Å². The molecule has 6 nitrogen and oxygen atoms in total. The maximum absolute atomic E-state index is 15.2. The highest BCUT2D eigenvalue weighted by Gasteiger charge is 2.23. The van der Waals surface area contributed by atoms with Gasteiger partial charge in [-0.1, -0.05) is 140 Å². The maximum Gasteiger partial charge on any atom is 0.267 e.